The van der Waals surface area contributed by atoms with Crippen LogP contribution in [0.2, 0.25) is 20.1 Å². The lowest BCUT2D eigenvalue weighted by atomic mass is 10.2. The molecule has 2 aromatic carbocycles. The summed E-state index contributed by atoms with van der Waals surface area (Å²) in [5.74, 6) is 0.596. The molecule has 0 aliphatic heterocycles. The van der Waals surface area contributed by atoms with Gasteiger partial charge in [-0.2, -0.15) is 10.2 Å². The van der Waals surface area contributed by atoms with Crippen LogP contribution in [0.5, 0.6) is 0 Å². The van der Waals surface area contributed by atoms with Gasteiger partial charge in [0, 0.05) is 27.9 Å². The number of halogens is 4. The Hall–Kier alpha value is -2.29. The predicted octanol–water partition coefficient (Wildman–Crippen LogP) is 7.22. The third-order valence-corrected chi connectivity index (χ3v) is 6.85. The zero-order chi connectivity index (χ0) is 24.4. The highest BCUT2D eigenvalue weighted by Gasteiger charge is 2.14. The van der Waals surface area contributed by atoms with Crippen LogP contribution in [0.25, 0.3) is 0 Å². The van der Waals surface area contributed by atoms with Gasteiger partial charge in [-0.3, -0.25) is 9.36 Å². The second-order valence-corrected chi connectivity index (χ2v) is 9.67. The van der Waals surface area contributed by atoms with Gasteiger partial charge in [-0.25, -0.2) is 0 Å². The molecule has 0 aliphatic carbocycles. The second-order valence-electron chi connectivity index (χ2n) is 7.63. The van der Waals surface area contributed by atoms with Gasteiger partial charge in [0.1, 0.15) is 0 Å². The average Bonchev–Trinajstić information content (AvgIpc) is 3.32. The molecule has 0 spiro atoms. The van der Waals surface area contributed by atoms with Crippen LogP contribution < -0.4 is 10.6 Å². The van der Waals surface area contributed by atoms with Crippen LogP contribution in [0, 0.1) is 13.8 Å². The van der Waals surface area contributed by atoms with E-state index in [1.54, 1.807) is 22.9 Å². The summed E-state index contributed by atoms with van der Waals surface area (Å²) in [7, 11) is 0. The van der Waals surface area contributed by atoms with Crippen molar-refractivity contribution in [1.29, 1.82) is 0 Å². The van der Waals surface area contributed by atoms with Crippen LogP contribution in [0.15, 0.2) is 48.7 Å². The molecule has 0 bridgehead atoms. The molecule has 6 nitrogen and oxygen atoms in total. The topological polar surface area (TPSA) is 59.7 Å². The van der Waals surface area contributed by atoms with E-state index in [2.05, 4.69) is 20.8 Å². The first-order valence-electron chi connectivity index (χ1n) is 10.2. The molecule has 176 valence electrons. The summed E-state index contributed by atoms with van der Waals surface area (Å²) >= 11 is 30.2. The number of nitrogens with zero attached hydrogens (tertiary/aromatic N) is 4. The zero-order valence-corrected chi connectivity index (χ0v) is 22.1. The third-order valence-electron chi connectivity index (χ3n) is 5.20. The van der Waals surface area contributed by atoms with E-state index >= 15 is 0 Å². The standard InChI is InChI=1S/C23H20Cl4N6S/c1-13-22(14(2)33(30-13)11-15-6-7-19(26)20(27)10-15)29-23(34)28-21-8-9-32(31-21)12-16-17(24)4-3-5-18(16)25/h3-10H,11-12H2,1-2H3,(H2,28,29,31,34). The Labute approximate surface area is 222 Å². The molecule has 11 heteroatoms. The number of benzene rings is 2. The molecule has 0 unspecified atom stereocenters. The summed E-state index contributed by atoms with van der Waals surface area (Å²) in [6, 6.07) is 12.8. The van der Waals surface area contributed by atoms with Crippen molar-refractivity contribution in [3.05, 3.63) is 91.3 Å². The Morgan fingerprint density at radius 1 is 0.882 bits per heavy atom. The molecule has 0 atom stereocenters. The van der Waals surface area contributed by atoms with Crippen LogP contribution in [-0.4, -0.2) is 24.7 Å². The van der Waals surface area contributed by atoms with E-state index in [1.165, 1.54) is 0 Å². The van der Waals surface area contributed by atoms with Crippen molar-refractivity contribution in [2.75, 3.05) is 10.6 Å². The fourth-order valence-electron chi connectivity index (χ4n) is 3.47. The van der Waals surface area contributed by atoms with Crippen molar-refractivity contribution in [3.8, 4) is 0 Å². The zero-order valence-electron chi connectivity index (χ0n) is 18.2. The molecule has 0 radical (unpaired) electrons. The molecule has 34 heavy (non-hydrogen) atoms. The lowest BCUT2D eigenvalue weighted by Gasteiger charge is -2.10. The molecular weight excluding hydrogens is 534 g/mol. The summed E-state index contributed by atoms with van der Waals surface area (Å²) in [5.41, 5.74) is 4.39. The van der Waals surface area contributed by atoms with Gasteiger partial charge >= 0.3 is 0 Å². The highest BCUT2D eigenvalue weighted by atomic mass is 35.5. The highest BCUT2D eigenvalue weighted by Crippen LogP contribution is 2.26. The largest absolute Gasteiger partial charge is 0.329 e. The molecule has 4 rings (SSSR count). The molecule has 0 amide bonds. The van der Waals surface area contributed by atoms with E-state index in [9.17, 15) is 0 Å². The van der Waals surface area contributed by atoms with Gasteiger partial charge in [0.25, 0.3) is 0 Å². The smallest absolute Gasteiger partial charge is 0.176 e. The van der Waals surface area contributed by atoms with E-state index < -0.39 is 0 Å². The van der Waals surface area contributed by atoms with Crippen molar-refractivity contribution in [3.63, 3.8) is 0 Å². The third kappa shape index (κ3) is 5.67. The number of hydrogen-bond acceptors (Lipinski definition) is 3. The van der Waals surface area contributed by atoms with Gasteiger partial charge < -0.3 is 10.6 Å². The molecule has 0 aliphatic rings. The number of rotatable bonds is 6. The first-order valence-corrected chi connectivity index (χ1v) is 12.2. The predicted molar refractivity (Wildman–Crippen MR) is 145 cm³/mol. The fraction of sp³-hybridized carbons (Fsp3) is 0.174. The summed E-state index contributed by atoms with van der Waals surface area (Å²) in [4.78, 5) is 0. The maximum atomic E-state index is 6.27. The number of thiocarbonyl (C=S) groups is 1. The van der Waals surface area contributed by atoms with E-state index in [-0.39, 0.29) is 0 Å². The Morgan fingerprint density at radius 2 is 1.62 bits per heavy atom. The van der Waals surface area contributed by atoms with E-state index in [0.717, 1.165) is 28.2 Å². The lowest BCUT2D eigenvalue weighted by molar-refractivity contribution is 0.659. The minimum absolute atomic E-state index is 0.404. The van der Waals surface area contributed by atoms with Crippen molar-refractivity contribution in [1.82, 2.24) is 19.6 Å². The maximum Gasteiger partial charge on any atom is 0.176 e. The summed E-state index contributed by atoms with van der Waals surface area (Å²) in [6.45, 7) is 4.90. The van der Waals surface area contributed by atoms with E-state index in [1.807, 2.05) is 49.0 Å². The Morgan fingerprint density at radius 3 is 2.32 bits per heavy atom. The minimum atomic E-state index is 0.404. The molecule has 0 saturated heterocycles. The van der Waals surface area contributed by atoms with Gasteiger partial charge in [0.05, 0.1) is 40.2 Å². The Kier molecular flexibility index (Phi) is 7.70. The van der Waals surface area contributed by atoms with E-state index in [0.29, 0.717) is 44.1 Å². The van der Waals surface area contributed by atoms with Crippen LogP contribution in [-0.2, 0) is 13.1 Å². The Balaban J connectivity index is 1.42. The quantitative estimate of drug-likeness (QED) is 0.247. The fourth-order valence-corrected chi connectivity index (χ4v) is 4.51. The Bertz CT molecular complexity index is 1340. The number of nitrogens with one attached hydrogen (secondary N) is 2. The number of aryl methyl sites for hydroxylation is 1. The van der Waals surface area contributed by atoms with Crippen LogP contribution in [0.3, 0.4) is 0 Å². The molecule has 0 saturated carbocycles. The first-order chi connectivity index (χ1) is 16.2. The lowest BCUT2D eigenvalue weighted by Crippen LogP contribution is -2.20. The number of anilines is 2. The van der Waals surface area contributed by atoms with Crippen LogP contribution in [0.4, 0.5) is 11.5 Å². The molecule has 0 fully saturated rings. The summed E-state index contributed by atoms with van der Waals surface area (Å²) in [6.07, 6.45) is 1.83. The first kappa shape index (κ1) is 24.8. The van der Waals surface area contributed by atoms with Gasteiger partial charge in [-0.05, 0) is 55.9 Å². The van der Waals surface area contributed by atoms with Gasteiger partial charge in [0.15, 0.2) is 10.9 Å². The number of aromatic nitrogens is 4. The molecule has 4 aromatic rings. The van der Waals surface area contributed by atoms with Crippen molar-refractivity contribution in [2.45, 2.75) is 26.9 Å². The van der Waals surface area contributed by atoms with Gasteiger partial charge in [0.2, 0.25) is 0 Å². The highest BCUT2D eigenvalue weighted by molar-refractivity contribution is 7.80. The van der Waals surface area contributed by atoms with Gasteiger partial charge in [-0.15, -0.1) is 0 Å². The average molecular weight is 554 g/mol. The maximum absolute atomic E-state index is 6.27. The van der Waals surface area contributed by atoms with Crippen molar-refractivity contribution < 1.29 is 0 Å². The minimum Gasteiger partial charge on any atom is -0.329 e. The molecular formula is C23H20Cl4N6S. The van der Waals surface area contributed by atoms with Crippen molar-refractivity contribution >= 4 is 75.2 Å². The SMILES string of the molecule is Cc1nn(Cc2ccc(Cl)c(Cl)c2)c(C)c1NC(=S)Nc1ccn(Cc2c(Cl)cccc2Cl)n1. The number of hydrogen-bond donors (Lipinski definition) is 2. The van der Waals surface area contributed by atoms with Crippen LogP contribution in [0.1, 0.15) is 22.5 Å². The van der Waals surface area contributed by atoms with Crippen molar-refractivity contribution in [2.24, 2.45) is 0 Å². The molecule has 2 aromatic heterocycles. The monoisotopic (exact) mass is 552 g/mol. The normalized spacial score (nSPS) is 11.0. The summed E-state index contributed by atoms with van der Waals surface area (Å²) in [5, 5.41) is 18.1. The van der Waals surface area contributed by atoms with E-state index in [4.69, 9.17) is 58.6 Å². The van der Waals surface area contributed by atoms with Gasteiger partial charge in [-0.1, -0.05) is 58.5 Å². The molecule has 2 heterocycles. The van der Waals surface area contributed by atoms with Crippen LogP contribution >= 0.6 is 58.6 Å². The second kappa shape index (κ2) is 10.5. The molecule has 2 N–H and O–H groups in total. The summed E-state index contributed by atoms with van der Waals surface area (Å²) < 4.78 is 3.63.